The van der Waals surface area contributed by atoms with E-state index in [9.17, 15) is 0 Å². The van der Waals surface area contributed by atoms with E-state index >= 15 is 0 Å². The Morgan fingerprint density at radius 1 is 1.05 bits per heavy atom. The van der Waals surface area contributed by atoms with Gasteiger partial charge < -0.3 is 9.88 Å². The molecule has 5 aliphatic rings. The van der Waals surface area contributed by atoms with Crippen LogP contribution in [0.25, 0.3) is 0 Å². The third-order valence-electron chi connectivity index (χ3n) is 6.34. The molecule has 4 bridgehead atoms. The topological polar surface area (TPSA) is 29.9 Å². The predicted octanol–water partition coefficient (Wildman–Crippen LogP) is 2.53. The van der Waals surface area contributed by atoms with Crippen molar-refractivity contribution in [3.8, 4) is 0 Å². The number of hydrogen-bond donors (Lipinski definition) is 1. The molecule has 4 fully saturated rings. The zero-order valence-electron chi connectivity index (χ0n) is 11.5. The number of nitrogens with one attached hydrogen (secondary N) is 1. The van der Waals surface area contributed by atoms with Gasteiger partial charge in [0.25, 0.3) is 0 Å². The van der Waals surface area contributed by atoms with Crippen molar-refractivity contribution in [2.45, 2.75) is 51.1 Å². The van der Waals surface area contributed by atoms with Crippen LogP contribution in [-0.4, -0.2) is 16.1 Å². The van der Waals surface area contributed by atoms with E-state index in [2.05, 4.69) is 16.2 Å². The molecule has 4 saturated carbocycles. The monoisotopic (exact) mass is 257 g/mol. The Hall–Kier alpha value is -0.830. The zero-order chi connectivity index (χ0) is 12.4. The van der Waals surface area contributed by atoms with Crippen LogP contribution in [0.2, 0.25) is 0 Å². The normalized spacial score (nSPS) is 43.5. The average molecular weight is 257 g/mol. The van der Waals surface area contributed by atoms with Gasteiger partial charge in [0.15, 0.2) is 0 Å². The van der Waals surface area contributed by atoms with E-state index in [-0.39, 0.29) is 0 Å². The molecule has 1 aromatic rings. The molecule has 4 aliphatic carbocycles. The molecule has 0 saturated heterocycles. The number of aromatic nitrogens is 2. The number of hydrogen-bond acceptors (Lipinski definition) is 2. The lowest BCUT2D eigenvalue weighted by Gasteiger charge is -2.54. The molecule has 102 valence electrons. The van der Waals surface area contributed by atoms with Gasteiger partial charge in [-0.15, -0.1) is 0 Å². The van der Waals surface area contributed by atoms with Gasteiger partial charge in [-0.3, -0.25) is 0 Å². The van der Waals surface area contributed by atoms with E-state index in [1.807, 2.05) is 0 Å². The van der Waals surface area contributed by atoms with Gasteiger partial charge in [0.05, 0.1) is 17.7 Å². The molecule has 3 heteroatoms. The van der Waals surface area contributed by atoms with Crippen LogP contribution < -0.4 is 5.32 Å². The molecule has 1 aliphatic heterocycles. The highest BCUT2D eigenvalue weighted by atomic mass is 15.1. The maximum Gasteiger partial charge on any atom is 0.0952 e. The summed E-state index contributed by atoms with van der Waals surface area (Å²) in [6.45, 7) is 3.25. The second kappa shape index (κ2) is 3.85. The molecule has 2 heterocycles. The van der Waals surface area contributed by atoms with Gasteiger partial charge >= 0.3 is 0 Å². The van der Waals surface area contributed by atoms with Crippen molar-refractivity contribution in [3.05, 3.63) is 17.7 Å². The molecule has 19 heavy (non-hydrogen) atoms. The van der Waals surface area contributed by atoms with Gasteiger partial charge in [0.1, 0.15) is 0 Å². The first-order valence-electron chi connectivity index (χ1n) is 8.13. The van der Waals surface area contributed by atoms with E-state index in [0.29, 0.717) is 0 Å². The van der Waals surface area contributed by atoms with E-state index in [1.165, 1.54) is 37.1 Å². The molecule has 1 aromatic heterocycles. The smallest absolute Gasteiger partial charge is 0.0952 e. The fourth-order valence-electron chi connectivity index (χ4n) is 5.86. The number of rotatable bonds is 1. The minimum atomic E-state index is 0.795. The van der Waals surface area contributed by atoms with Gasteiger partial charge in [-0.25, -0.2) is 4.98 Å². The van der Waals surface area contributed by atoms with Crippen molar-refractivity contribution in [2.75, 3.05) is 6.54 Å². The molecule has 0 atom stereocenters. The Morgan fingerprint density at radius 2 is 1.79 bits per heavy atom. The molecular weight excluding hydrogens is 234 g/mol. The molecule has 0 amide bonds. The zero-order valence-corrected chi connectivity index (χ0v) is 11.5. The third-order valence-corrected chi connectivity index (χ3v) is 6.34. The van der Waals surface area contributed by atoms with Crippen molar-refractivity contribution in [2.24, 2.45) is 23.7 Å². The molecule has 0 radical (unpaired) electrons. The van der Waals surface area contributed by atoms with E-state index in [0.717, 1.165) is 49.2 Å². The summed E-state index contributed by atoms with van der Waals surface area (Å²) < 4.78 is 2.40. The first-order valence-corrected chi connectivity index (χ1v) is 8.13. The molecule has 3 nitrogen and oxygen atoms in total. The van der Waals surface area contributed by atoms with Crippen LogP contribution in [0.1, 0.15) is 49.4 Å². The van der Waals surface area contributed by atoms with Crippen molar-refractivity contribution < 1.29 is 0 Å². The van der Waals surface area contributed by atoms with Crippen LogP contribution in [0.3, 0.4) is 0 Å². The highest BCUT2D eigenvalue weighted by molar-refractivity contribution is 5.24. The maximum absolute atomic E-state index is 4.87. The van der Waals surface area contributed by atoms with Gasteiger partial charge in [-0.05, 0) is 55.8 Å². The molecule has 1 N–H and O–H groups in total. The summed E-state index contributed by atoms with van der Waals surface area (Å²) in [5.74, 6) is 4.84. The fraction of sp³-hybridized carbons (Fsp3) is 0.812. The largest absolute Gasteiger partial charge is 0.332 e. The van der Waals surface area contributed by atoms with Crippen LogP contribution in [0.5, 0.6) is 0 Å². The Labute approximate surface area is 114 Å². The van der Waals surface area contributed by atoms with Crippen molar-refractivity contribution in [1.82, 2.24) is 14.9 Å². The highest BCUT2D eigenvalue weighted by Gasteiger charge is 2.49. The summed E-state index contributed by atoms with van der Waals surface area (Å²) in [7, 11) is 0. The van der Waals surface area contributed by atoms with Crippen LogP contribution >= 0.6 is 0 Å². The summed E-state index contributed by atoms with van der Waals surface area (Å²) in [6.07, 6.45) is 9.64. The quantitative estimate of drug-likeness (QED) is 0.838. The van der Waals surface area contributed by atoms with Gasteiger partial charge in [-0.2, -0.15) is 0 Å². The molecule has 0 aromatic carbocycles. The molecule has 6 rings (SSSR count). The lowest BCUT2D eigenvalue weighted by molar-refractivity contribution is -0.00444. The number of imidazole rings is 1. The summed E-state index contributed by atoms with van der Waals surface area (Å²) in [6, 6.07) is 0. The first kappa shape index (κ1) is 10.9. The summed E-state index contributed by atoms with van der Waals surface area (Å²) >= 11 is 0. The highest BCUT2D eigenvalue weighted by Crippen LogP contribution is 2.59. The third kappa shape index (κ3) is 1.51. The summed E-state index contributed by atoms with van der Waals surface area (Å²) in [5.41, 5.74) is 2.98. The molecule has 0 unspecified atom stereocenters. The van der Waals surface area contributed by atoms with Gasteiger partial charge in [-0.1, -0.05) is 0 Å². The van der Waals surface area contributed by atoms with E-state index in [4.69, 9.17) is 4.98 Å². The number of fused-ring (bicyclic) bond motifs is 1. The second-order valence-electron chi connectivity index (χ2n) is 7.40. The Morgan fingerprint density at radius 3 is 2.53 bits per heavy atom. The standard InChI is InChI=1S/C16H23N3/c1-2-19-9-18-16(14(19)8-17-1)15-12-4-10-3-11(6-12)7-13(15)5-10/h9-13,15,17H,1-8H2. The lowest BCUT2D eigenvalue weighted by atomic mass is 9.51. The van der Waals surface area contributed by atoms with Gasteiger partial charge in [0.2, 0.25) is 0 Å². The summed E-state index contributed by atoms with van der Waals surface area (Å²) in [4.78, 5) is 4.87. The van der Waals surface area contributed by atoms with Crippen molar-refractivity contribution >= 4 is 0 Å². The fourth-order valence-corrected chi connectivity index (χ4v) is 5.86. The summed E-state index contributed by atoms with van der Waals surface area (Å²) in [5, 5.41) is 3.53. The first-order chi connectivity index (χ1) is 9.38. The van der Waals surface area contributed by atoms with Gasteiger partial charge in [0, 0.05) is 25.6 Å². The van der Waals surface area contributed by atoms with E-state index in [1.54, 1.807) is 6.42 Å². The van der Waals surface area contributed by atoms with Crippen LogP contribution in [0, 0.1) is 23.7 Å². The minimum absolute atomic E-state index is 0.795. The predicted molar refractivity (Wildman–Crippen MR) is 73.7 cm³/mol. The van der Waals surface area contributed by atoms with Crippen molar-refractivity contribution in [1.29, 1.82) is 0 Å². The van der Waals surface area contributed by atoms with E-state index < -0.39 is 0 Å². The molecule has 0 spiro atoms. The van der Waals surface area contributed by atoms with Crippen LogP contribution in [-0.2, 0) is 13.1 Å². The SMILES string of the molecule is c1nc(C2C3CC4CC(C3)CC2C4)c2n1CCNC2. The van der Waals surface area contributed by atoms with Crippen LogP contribution in [0.15, 0.2) is 6.33 Å². The Bertz CT molecular complexity index is 476. The lowest BCUT2D eigenvalue weighted by Crippen LogP contribution is -2.44. The maximum atomic E-state index is 4.87. The second-order valence-corrected chi connectivity index (χ2v) is 7.40. The average Bonchev–Trinajstić information content (AvgIpc) is 2.82. The van der Waals surface area contributed by atoms with Crippen LogP contribution in [0.4, 0.5) is 0 Å². The number of nitrogens with zero attached hydrogens (tertiary/aromatic N) is 2. The minimum Gasteiger partial charge on any atom is -0.332 e. The Balaban J connectivity index is 1.54. The Kier molecular flexibility index (Phi) is 2.21. The molecular formula is C16H23N3. The van der Waals surface area contributed by atoms with Crippen molar-refractivity contribution in [3.63, 3.8) is 0 Å².